The fourth-order valence-electron chi connectivity index (χ4n) is 3.16. The van der Waals surface area contributed by atoms with E-state index in [0.29, 0.717) is 5.41 Å². The van der Waals surface area contributed by atoms with E-state index in [0.717, 1.165) is 12.3 Å². The SMILES string of the molecule is CC1(C)[C@H]2CC[C@@]1(C)C(O)C2. The maximum atomic E-state index is 9.81. The summed E-state index contributed by atoms with van der Waals surface area (Å²) in [5.74, 6) is 0.780. The van der Waals surface area contributed by atoms with Gasteiger partial charge >= 0.3 is 0 Å². The molecule has 1 unspecified atom stereocenters. The van der Waals surface area contributed by atoms with Gasteiger partial charge in [0, 0.05) is 0 Å². The summed E-state index contributed by atoms with van der Waals surface area (Å²) in [5, 5.41) is 9.81. The van der Waals surface area contributed by atoms with Crippen LogP contribution in [0.2, 0.25) is 0 Å². The van der Waals surface area contributed by atoms with Crippen LogP contribution in [0.5, 0.6) is 0 Å². The Morgan fingerprint density at radius 3 is 2.09 bits per heavy atom. The van der Waals surface area contributed by atoms with Gasteiger partial charge in [0.2, 0.25) is 0 Å². The smallest absolute Gasteiger partial charge is 0.0601 e. The predicted molar refractivity (Wildman–Crippen MR) is 45.2 cm³/mol. The van der Waals surface area contributed by atoms with E-state index in [1.807, 2.05) is 0 Å². The molecule has 0 amide bonds. The largest absolute Gasteiger partial charge is 0.393 e. The first-order valence-corrected chi connectivity index (χ1v) is 4.66. The monoisotopic (exact) mass is 154 g/mol. The highest BCUT2D eigenvalue weighted by Crippen LogP contribution is 2.65. The van der Waals surface area contributed by atoms with Gasteiger partial charge in [-0.2, -0.15) is 0 Å². The average Bonchev–Trinajstić information content (AvgIpc) is 2.20. The molecule has 0 aromatic heterocycles. The average molecular weight is 154 g/mol. The minimum absolute atomic E-state index is 0.0313. The first-order valence-electron chi connectivity index (χ1n) is 4.66. The molecule has 3 atom stereocenters. The molecule has 1 N–H and O–H groups in total. The van der Waals surface area contributed by atoms with Crippen molar-refractivity contribution in [2.75, 3.05) is 0 Å². The molecule has 0 aromatic carbocycles. The van der Waals surface area contributed by atoms with Crippen LogP contribution in [0.4, 0.5) is 0 Å². The fraction of sp³-hybridized carbons (Fsp3) is 1.00. The zero-order valence-corrected chi connectivity index (χ0v) is 7.72. The minimum atomic E-state index is -0.0313. The molecule has 2 fully saturated rings. The molecular weight excluding hydrogens is 136 g/mol. The Labute approximate surface area is 68.8 Å². The third-order valence-corrected chi connectivity index (χ3v) is 4.75. The summed E-state index contributed by atoms with van der Waals surface area (Å²) in [5.41, 5.74) is 0.601. The third kappa shape index (κ3) is 0.658. The van der Waals surface area contributed by atoms with Gasteiger partial charge in [-0.25, -0.2) is 0 Å². The highest BCUT2D eigenvalue weighted by molar-refractivity contribution is 5.10. The number of aliphatic hydroxyl groups is 1. The van der Waals surface area contributed by atoms with Gasteiger partial charge in [0.25, 0.3) is 0 Å². The van der Waals surface area contributed by atoms with E-state index in [1.165, 1.54) is 12.8 Å². The van der Waals surface area contributed by atoms with Gasteiger partial charge in [0.15, 0.2) is 0 Å². The molecule has 11 heavy (non-hydrogen) atoms. The van der Waals surface area contributed by atoms with Gasteiger partial charge in [0.1, 0.15) is 0 Å². The second-order valence-corrected chi connectivity index (χ2v) is 5.13. The van der Waals surface area contributed by atoms with Crippen molar-refractivity contribution in [3.63, 3.8) is 0 Å². The van der Waals surface area contributed by atoms with E-state index >= 15 is 0 Å². The molecule has 64 valence electrons. The Bertz CT molecular complexity index is 185. The summed E-state index contributed by atoms with van der Waals surface area (Å²) < 4.78 is 0. The Balaban J connectivity index is 2.40. The molecule has 0 aromatic rings. The summed E-state index contributed by atoms with van der Waals surface area (Å²) in [7, 11) is 0. The van der Waals surface area contributed by atoms with Crippen molar-refractivity contribution in [1.82, 2.24) is 0 Å². The normalized spacial score (nSPS) is 53.5. The predicted octanol–water partition coefficient (Wildman–Crippen LogP) is 2.19. The van der Waals surface area contributed by atoms with Crippen LogP contribution < -0.4 is 0 Å². The summed E-state index contributed by atoms with van der Waals surface area (Å²) in [6.07, 6.45) is 3.58. The van der Waals surface area contributed by atoms with Crippen molar-refractivity contribution in [2.45, 2.75) is 46.1 Å². The summed E-state index contributed by atoms with van der Waals surface area (Å²) in [6.45, 7) is 6.90. The fourth-order valence-corrected chi connectivity index (χ4v) is 3.16. The third-order valence-electron chi connectivity index (χ3n) is 4.75. The van der Waals surface area contributed by atoms with E-state index in [1.54, 1.807) is 0 Å². The molecule has 2 bridgehead atoms. The molecule has 0 aliphatic heterocycles. The maximum Gasteiger partial charge on any atom is 0.0601 e. The molecule has 0 heterocycles. The number of rotatable bonds is 0. The van der Waals surface area contributed by atoms with Crippen LogP contribution in [0.1, 0.15) is 40.0 Å². The standard InChI is InChI=1S/C10H18O/c1-9(2)7-4-5-10(9,3)8(11)6-7/h7-8,11H,4-6H2,1-3H3/t7-,8?,10-/m0/s1. The first kappa shape index (κ1) is 7.60. The van der Waals surface area contributed by atoms with Crippen molar-refractivity contribution >= 4 is 0 Å². The zero-order valence-electron chi connectivity index (χ0n) is 7.72. The van der Waals surface area contributed by atoms with E-state index in [9.17, 15) is 5.11 Å². The highest BCUT2D eigenvalue weighted by Gasteiger charge is 2.60. The molecule has 2 aliphatic rings. The van der Waals surface area contributed by atoms with Gasteiger partial charge in [-0.05, 0) is 36.0 Å². The Kier molecular flexibility index (Phi) is 1.26. The van der Waals surface area contributed by atoms with E-state index in [2.05, 4.69) is 20.8 Å². The van der Waals surface area contributed by atoms with Crippen molar-refractivity contribution in [1.29, 1.82) is 0 Å². The van der Waals surface area contributed by atoms with Crippen molar-refractivity contribution < 1.29 is 5.11 Å². The van der Waals surface area contributed by atoms with Crippen LogP contribution in [0.3, 0.4) is 0 Å². The number of hydrogen-bond acceptors (Lipinski definition) is 1. The summed E-state index contributed by atoms with van der Waals surface area (Å²) in [4.78, 5) is 0. The van der Waals surface area contributed by atoms with Crippen LogP contribution >= 0.6 is 0 Å². The Morgan fingerprint density at radius 2 is 1.91 bits per heavy atom. The number of fused-ring (bicyclic) bond motifs is 2. The molecule has 0 saturated heterocycles. The van der Waals surface area contributed by atoms with Gasteiger partial charge in [-0.15, -0.1) is 0 Å². The molecule has 2 saturated carbocycles. The lowest BCUT2D eigenvalue weighted by Crippen LogP contribution is -2.35. The van der Waals surface area contributed by atoms with Gasteiger partial charge in [0.05, 0.1) is 6.10 Å². The van der Waals surface area contributed by atoms with Crippen LogP contribution in [-0.2, 0) is 0 Å². The second kappa shape index (κ2) is 1.82. The minimum Gasteiger partial charge on any atom is -0.393 e. The first-order chi connectivity index (χ1) is 4.98. The van der Waals surface area contributed by atoms with Crippen molar-refractivity contribution in [2.24, 2.45) is 16.7 Å². The molecule has 2 aliphatic carbocycles. The zero-order chi connectivity index (χ0) is 8.28. The molecule has 1 heteroatoms. The number of hydrogen-bond donors (Lipinski definition) is 1. The summed E-state index contributed by atoms with van der Waals surface area (Å²) in [6, 6.07) is 0. The molecule has 1 nitrogen and oxygen atoms in total. The van der Waals surface area contributed by atoms with Crippen molar-refractivity contribution in [3.8, 4) is 0 Å². The lowest BCUT2D eigenvalue weighted by molar-refractivity contribution is 0.0126. The molecule has 0 radical (unpaired) electrons. The highest BCUT2D eigenvalue weighted by atomic mass is 16.3. The lowest BCUT2D eigenvalue weighted by Gasteiger charge is -2.36. The Morgan fingerprint density at radius 1 is 1.27 bits per heavy atom. The van der Waals surface area contributed by atoms with Crippen LogP contribution in [-0.4, -0.2) is 11.2 Å². The van der Waals surface area contributed by atoms with Crippen LogP contribution in [0, 0.1) is 16.7 Å². The van der Waals surface area contributed by atoms with Crippen LogP contribution in [0.15, 0.2) is 0 Å². The molecule has 2 rings (SSSR count). The quantitative estimate of drug-likeness (QED) is 0.567. The van der Waals surface area contributed by atoms with E-state index in [-0.39, 0.29) is 11.5 Å². The lowest BCUT2D eigenvalue weighted by atomic mass is 9.70. The second-order valence-electron chi connectivity index (χ2n) is 5.13. The van der Waals surface area contributed by atoms with Gasteiger partial charge in [-0.1, -0.05) is 20.8 Å². The Hall–Kier alpha value is -0.0400. The van der Waals surface area contributed by atoms with Crippen molar-refractivity contribution in [3.05, 3.63) is 0 Å². The number of aliphatic hydroxyl groups excluding tert-OH is 1. The molecular formula is C10H18O. The summed E-state index contributed by atoms with van der Waals surface area (Å²) >= 11 is 0. The van der Waals surface area contributed by atoms with E-state index < -0.39 is 0 Å². The maximum absolute atomic E-state index is 9.81. The van der Waals surface area contributed by atoms with Crippen LogP contribution in [0.25, 0.3) is 0 Å². The van der Waals surface area contributed by atoms with E-state index in [4.69, 9.17) is 0 Å². The topological polar surface area (TPSA) is 20.2 Å². The molecule has 0 spiro atoms. The van der Waals surface area contributed by atoms with Gasteiger partial charge < -0.3 is 5.11 Å². The van der Waals surface area contributed by atoms with Gasteiger partial charge in [-0.3, -0.25) is 0 Å².